The van der Waals surface area contributed by atoms with Crippen molar-refractivity contribution in [1.29, 1.82) is 0 Å². The van der Waals surface area contributed by atoms with Crippen molar-refractivity contribution in [3.63, 3.8) is 0 Å². The molecular formula is C37H41N3O8. The van der Waals surface area contributed by atoms with E-state index in [1.807, 2.05) is 0 Å². The van der Waals surface area contributed by atoms with Gasteiger partial charge in [-0.15, -0.1) is 0 Å². The molecule has 11 heteroatoms. The van der Waals surface area contributed by atoms with Crippen LogP contribution in [0.2, 0.25) is 0 Å². The molecule has 1 unspecified atom stereocenters. The first kappa shape index (κ1) is 35.3. The Bertz CT molecular complexity index is 1700. The van der Waals surface area contributed by atoms with Crippen molar-refractivity contribution in [2.45, 2.75) is 51.5 Å². The lowest BCUT2D eigenvalue weighted by Crippen LogP contribution is -2.42. The van der Waals surface area contributed by atoms with E-state index in [4.69, 9.17) is 14.2 Å². The number of aryl methyl sites for hydroxylation is 1. The van der Waals surface area contributed by atoms with Gasteiger partial charge in [-0.2, -0.15) is 0 Å². The summed E-state index contributed by atoms with van der Waals surface area (Å²) >= 11 is 0. The number of rotatable bonds is 17. The van der Waals surface area contributed by atoms with Gasteiger partial charge < -0.3 is 34.5 Å². The summed E-state index contributed by atoms with van der Waals surface area (Å²) in [6.45, 7) is 2.79. The Balaban J connectivity index is 1.32. The van der Waals surface area contributed by atoms with E-state index >= 15 is 0 Å². The first-order valence-electron chi connectivity index (χ1n) is 15.9. The highest BCUT2D eigenvalue weighted by atomic mass is 16.6. The van der Waals surface area contributed by atoms with Gasteiger partial charge in [-0.25, -0.2) is 9.59 Å². The second kappa shape index (κ2) is 17.4. The predicted octanol–water partition coefficient (Wildman–Crippen LogP) is 6.28. The van der Waals surface area contributed by atoms with Crippen LogP contribution in [0.3, 0.4) is 0 Å². The molecule has 0 bridgehead atoms. The number of hydrogen-bond donors (Lipinski definition) is 3. The van der Waals surface area contributed by atoms with Crippen LogP contribution in [0.5, 0.6) is 17.2 Å². The lowest BCUT2D eigenvalue weighted by atomic mass is 10.0. The molecule has 1 heterocycles. The first-order chi connectivity index (χ1) is 23.2. The van der Waals surface area contributed by atoms with Crippen molar-refractivity contribution < 1.29 is 38.5 Å². The fourth-order valence-corrected chi connectivity index (χ4v) is 4.94. The summed E-state index contributed by atoms with van der Waals surface area (Å²) in [5.74, 6) is -1.65. The number of nitrogens with one attached hydrogen (secondary N) is 2. The molecule has 0 aliphatic carbocycles. The minimum absolute atomic E-state index is 0.0590. The highest BCUT2D eigenvalue weighted by molar-refractivity contribution is 6.03. The normalized spacial score (nSPS) is 11.3. The zero-order valence-corrected chi connectivity index (χ0v) is 27.4. The number of carbonyl (C=O) groups is 4. The molecule has 0 radical (unpaired) electrons. The van der Waals surface area contributed by atoms with Gasteiger partial charge in [0, 0.05) is 30.9 Å². The van der Waals surface area contributed by atoms with E-state index in [9.17, 15) is 24.3 Å². The van der Waals surface area contributed by atoms with E-state index in [2.05, 4.69) is 17.6 Å². The van der Waals surface area contributed by atoms with Crippen molar-refractivity contribution in [3.05, 3.63) is 107 Å². The summed E-state index contributed by atoms with van der Waals surface area (Å²) in [5, 5.41) is 15.2. The minimum atomic E-state index is -1.26. The van der Waals surface area contributed by atoms with Gasteiger partial charge in [-0.05, 0) is 84.8 Å². The van der Waals surface area contributed by atoms with E-state index in [1.54, 1.807) is 78.5 Å². The molecule has 3 N–H and O–H groups in total. The SMILES string of the molecule is CCCCCCCOc1ccc(C(=O)Oc2ccc(CC(NC(=O)c3ccc(NC(=O)c4cccn4C)cc3)C(=O)O)cc2OC)cc1. The zero-order valence-electron chi connectivity index (χ0n) is 27.4. The molecule has 0 aliphatic rings. The lowest BCUT2D eigenvalue weighted by molar-refractivity contribution is -0.139. The number of benzene rings is 3. The Morgan fingerprint density at radius 1 is 0.833 bits per heavy atom. The van der Waals surface area contributed by atoms with E-state index in [-0.39, 0.29) is 29.4 Å². The van der Waals surface area contributed by atoms with Gasteiger partial charge in [0.05, 0.1) is 19.3 Å². The number of anilines is 1. The smallest absolute Gasteiger partial charge is 0.343 e. The van der Waals surface area contributed by atoms with Crippen LogP contribution in [0.25, 0.3) is 0 Å². The number of carboxylic acid groups (broad SMARTS) is 1. The molecule has 11 nitrogen and oxygen atoms in total. The molecule has 0 fully saturated rings. The number of hydrogen-bond acceptors (Lipinski definition) is 7. The largest absolute Gasteiger partial charge is 0.494 e. The van der Waals surface area contributed by atoms with Crippen molar-refractivity contribution in [1.82, 2.24) is 9.88 Å². The topological polar surface area (TPSA) is 145 Å². The average Bonchev–Trinajstić information content (AvgIpc) is 3.53. The number of unbranched alkanes of at least 4 members (excludes halogenated alkanes) is 4. The Labute approximate surface area is 279 Å². The second-order valence-electron chi connectivity index (χ2n) is 11.3. The Morgan fingerprint density at radius 2 is 1.54 bits per heavy atom. The molecule has 48 heavy (non-hydrogen) atoms. The molecule has 1 atom stereocenters. The second-order valence-corrected chi connectivity index (χ2v) is 11.3. The number of aliphatic carboxylic acids is 1. The van der Waals surface area contributed by atoms with Gasteiger partial charge in [-0.3, -0.25) is 9.59 Å². The van der Waals surface area contributed by atoms with Gasteiger partial charge in [0.2, 0.25) is 0 Å². The molecule has 0 saturated carbocycles. The van der Waals surface area contributed by atoms with Crippen LogP contribution in [0.4, 0.5) is 5.69 Å². The van der Waals surface area contributed by atoms with Gasteiger partial charge in [0.1, 0.15) is 17.5 Å². The van der Waals surface area contributed by atoms with E-state index in [1.165, 1.54) is 44.6 Å². The molecule has 3 aromatic carbocycles. The van der Waals surface area contributed by atoms with Crippen LogP contribution in [0.15, 0.2) is 85.1 Å². The summed E-state index contributed by atoms with van der Waals surface area (Å²) in [7, 11) is 3.17. The third-order valence-electron chi connectivity index (χ3n) is 7.66. The molecule has 0 saturated heterocycles. The number of esters is 1. The average molecular weight is 656 g/mol. The van der Waals surface area contributed by atoms with E-state index < -0.39 is 23.9 Å². The van der Waals surface area contributed by atoms with Crippen LogP contribution < -0.4 is 24.8 Å². The lowest BCUT2D eigenvalue weighted by Gasteiger charge is -2.16. The van der Waals surface area contributed by atoms with Crippen LogP contribution in [-0.4, -0.2) is 53.2 Å². The maximum atomic E-state index is 12.9. The Hall–Kier alpha value is -5.58. The van der Waals surface area contributed by atoms with Crippen LogP contribution >= 0.6 is 0 Å². The summed E-state index contributed by atoms with van der Waals surface area (Å²) in [6.07, 6.45) is 7.41. The third kappa shape index (κ3) is 9.96. The van der Waals surface area contributed by atoms with Gasteiger partial charge in [-0.1, -0.05) is 38.7 Å². The van der Waals surface area contributed by atoms with E-state index in [0.29, 0.717) is 34.9 Å². The number of methoxy groups -OCH3 is 1. The molecule has 4 aromatic rings. The molecule has 0 aliphatic heterocycles. The molecule has 1 aromatic heterocycles. The summed E-state index contributed by atoms with van der Waals surface area (Å²) < 4.78 is 18.4. The number of amides is 2. The number of nitrogens with zero attached hydrogens (tertiary/aromatic N) is 1. The molecule has 4 rings (SSSR count). The van der Waals surface area contributed by atoms with Crippen molar-refractivity contribution in [3.8, 4) is 17.2 Å². The monoisotopic (exact) mass is 655 g/mol. The fraction of sp³-hybridized carbons (Fsp3) is 0.297. The van der Waals surface area contributed by atoms with Crippen molar-refractivity contribution in [2.24, 2.45) is 7.05 Å². The van der Waals surface area contributed by atoms with Crippen LogP contribution in [-0.2, 0) is 18.3 Å². The fourth-order valence-electron chi connectivity index (χ4n) is 4.94. The van der Waals surface area contributed by atoms with Gasteiger partial charge in [0.25, 0.3) is 11.8 Å². The minimum Gasteiger partial charge on any atom is -0.494 e. The number of carboxylic acids is 1. The standard InChI is InChI=1S/C37H41N3O8/c1-4-5-6-7-8-22-47-29-18-14-27(15-19-29)37(45)48-32-20-11-25(24-33(32)46-3)23-30(36(43)44)39-34(41)26-12-16-28(17-13-26)38-35(42)31-10-9-21-40(31)2/h9-21,24,30H,4-8,22-23H2,1-3H3,(H,38,42)(H,39,41)(H,43,44). The summed E-state index contributed by atoms with van der Waals surface area (Å²) in [6, 6.07) is 19.7. The summed E-state index contributed by atoms with van der Waals surface area (Å²) in [5.41, 5.74) is 2.05. The number of carbonyl (C=O) groups excluding carboxylic acids is 3. The van der Waals surface area contributed by atoms with Crippen molar-refractivity contribution in [2.75, 3.05) is 19.0 Å². The third-order valence-corrected chi connectivity index (χ3v) is 7.66. The van der Waals surface area contributed by atoms with E-state index in [0.717, 1.165) is 12.8 Å². The highest BCUT2D eigenvalue weighted by Gasteiger charge is 2.23. The van der Waals surface area contributed by atoms with Gasteiger partial charge in [0.15, 0.2) is 11.5 Å². The number of aromatic nitrogens is 1. The zero-order chi connectivity index (χ0) is 34.5. The van der Waals surface area contributed by atoms with Crippen LogP contribution in [0, 0.1) is 0 Å². The summed E-state index contributed by atoms with van der Waals surface area (Å²) in [4.78, 5) is 50.3. The Morgan fingerprint density at radius 3 is 2.19 bits per heavy atom. The molecular weight excluding hydrogens is 614 g/mol. The van der Waals surface area contributed by atoms with Crippen molar-refractivity contribution >= 4 is 29.4 Å². The maximum Gasteiger partial charge on any atom is 0.343 e. The first-order valence-corrected chi connectivity index (χ1v) is 15.9. The van der Waals surface area contributed by atoms with Crippen LogP contribution in [0.1, 0.15) is 75.8 Å². The molecule has 0 spiro atoms. The highest BCUT2D eigenvalue weighted by Crippen LogP contribution is 2.30. The molecule has 252 valence electrons. The predicted molar refractivity (Wildman–Crippen MR) is 181 cm³/mol. The maximum absolute atomic E-state index is 12.9. The quantitative estimate of drug-likeness (QED) is 0.0685. The number of ether oxygens (including phenoxy) is 3. The Kier molecular flexibility index (Phi) is 12.8. The molecule has 2 amide bonds. The van der Waals surface area contributed by atoms with Gasteiger partial charge >= 0.3 is 11.9 Å².